The lowest BCUT2D eigenvalue weighted by molar-refractivity contribution is 0.376. The van der Waals surface area contributed by atoms with Crippen LogP contribution in [0.2, 0.25) is 0 Å². The van der Waals surface area contributed by atoms with Gasteiger partial charge in [-0.3, -0.25) is 0 Å². The Labute approximate surface area is 93.1 Å². The van der Waals surface area contributed by atoms with Gasteiger partial charge in [0.05, 0.1) is 0 Å². The zero-order valence-corrected chi connectivity index (χ0v) is 10.0. The van der Waals surface area contributed by atoms with Gasteiger partial charge < -0.3 is 5.73 Å². The summed E-state index contributed by atoms with van der Waals surface area (Å²) in [5.74, 6) is 0. The van der Waals surface area contributed by atoms with Crippen molar-refractivity contribution in [2.75, 3.05) is 6.54 Å². The molecule has 0 bridgehead atoms. The van der Waals surface area contributed by atoms with Crippen molar-refractivity contribution in [1.29, 1.82) is 0 Å². The molecule has 0 aromatic heterocycles. The van der Waals surface area contributed by atoms with Crippen LogP contribution >= 0.6 is 12.4 Å². The highest BCUT2D eigenvalue weighted by Gasteiger charge is 2.16. The highest BCUT2D eigenvalue weighted by molar-refractivity contribution is 5.85. The van der Waals surface area contributed by atoms with Crippen LogP contribution in [0.4, 0.5) is 0 Å². The summed E-state index contributed by atoms with van der Waals surface area (Å²) in [6, 6.07) is 8.51. The molecule has 0 radical (unpaired) electrons. The molecule has 2 N–H and O–H groups in total. The number of nitrogens with two attached hydrogens (primary N) is 1. The molecule has 14 heavy (non-hydrogen) atoms. The molecule has 0 saturated carbocycles. The van der Waals surface area contributed by atoms with Crippen LogP contribution in [0.5, 0.6) is 0 Å². The van der Waals surface area contributed by atoms with E-state index in [9.17, 15) is 0 Å². The summed E-state index contributed by atoms with van der Waals surface area (Å²) >= 11 is 0. The summed E-state index contributed by atoms with van der Waals surface area (Å²) in [7, 11) is 0. The highest BCUT2D eigenvalue weighted by atomic mass is 35.5. The fourth-order valence-electron chi connectivity index (χ4n) is 1.40. The SMILES string of the molecule is Cc1ccccc1CC(C)(C)CN.Cl. The van der Waals surface area contributed by atoms with Crippen molar-refractivity contribution >= 4 is 12.4 Å². The van der Waals surface area contributed by atoms with E-state index in [1.165, 1.54) is 11.1 Å². The molecule has 0 aliphatic rings. The topological polar surface area (TPSA) is 26.0 Å². The van der Waals surface area contributed by atoms with Crippen LogP contribution in [0.1, 0.15) is 25.0 Å². The second kappa shape index (κ2) is 5.38. The molecule has 0 saturated heterocycles. The third-order valence-corrected chi connectivity index (χ3v) is 2.48. The van der Waals surface area contributed by atoms with Crippen LogP contribution in [0.3, 0.4) is 0 Å². The molecular formula is C12H20ClN. The van der Waals surface area contributed by atoms with Crippen LogP contribution in [0.25, 0.3) is 0 Å². The molecule has 0 aliphatic heterocycles. The van der Waals surface area contributed by atoms with Crippen molar-refractivity contribution < 1.29 is 0 Å². The minimum Gasteiger partial charge on any atom is -0.330 e. The van der Waals surface area contributed by atoms with Gasteiger partial charge in [0.1, 0.15) is 0 Å². The van der Waals surface area contributed by atoms with Crippen LogP contribution < -0.4 is 5.73 Å². The lowest BCUT2D eigenvalue weighted by Gasteiger charge is -2.23. The lowest BCUT2D eigenvalue weighted by Crippen LogP contribution is -2.26. The fraction of sp³-hybridized carbons (Fsp3) is 0.500. The van der Waals surface area contributed by atoms with Crippen molar-refractivity contribution in [3.63, 3.8) is 0 Å². The first-order valence-corrected chi connectivity index (χ1v) is 4.80. The molecule has 1 rings (SSSR count). The normalized spacial score (nSPS) is 10.9. The van der Waals surface area contributed by atoms with E-state index in [0.717, 1.165) is 13.0 Å². The fourth-order valence-corrected chi connectivity index (χ4v) is 1.40. The van der Waals surface area contributed by atoms with Crippen LogP contribution in [-0.2, 0) is 6.42 Å². The molecule has 1 aromatic rings. The minimum atomic E-state index is 0. The summed E-state index contributed by atoms with van der Waals surface area (Å²) in [5, 5.41) is 0. The van der Waals surface area contributed by atoms with E-state index in [1.807, 2.05) is 0 Å². The predicted octanol–water partition coefficient (Wildman–Crippen LogP) is 2.94. The van der Waals surface area contributed by atoms with Gasteiger partial charge >= 0.3 is 0 Å². The number of aryl methyl sites for hydroxylation is 1. The first kappa shape index (κ1) is 13.5. The zero-order valence-electron chi connectivity index (χ0n) is 9.21. The molecule has 0 amide bonds. The van der Waals surface area contributed by atoms with Crippen molar-refractivity contribution in [2.24, 2.45) is 11.1 Å². The van der Waals surface area contributed by atoms with E-state index in [2.05, 4.69) is 45.0 Å². The molecule has 0 atom stereocenters. The van der Waals surface area contributed by atoms with Gasteiger partial charge in [0.2, 0.25) is 0 Å². The minimum absolute atomic E-state index is 0. The van der Waals surface area contributed by atoms with Gasteiger partial charge in [-0.15, -0.1) is 12.4 Å². The number of hydrogen-bond acceptors (Lipinski definition) is 1. The van der Waals surface area contributed by atoms with Gasteiger partial charge in [0.15, 0.2) is 0 Å². The maximum Gasteiger partial charge on any atom is -0.00226 e. The van der Waals surface area contributed by atoms with Crippen molar-refractivity contribution in [1.82, 2.24) is 0 Å². The molecular weight excluding hydrogens is 194 g/mol. The largest absolute Gasteiger partial charge is 0.330 e. The smallest absolute Gasteiger partial charge is 0.00226 e. The summed E-state index contributed by atoms with van der Waals surface area (Å²) in [5.41, 5.74) is 8.70. The van der Waals surface area contributed by atoms with Gasteiger partial charge in [0.25, 0.3) is 0 Å². The lowest BCUT2D eigenvalue weighted by atomic mass is 9.84. The van der Waals surface area contributed by atoms with Crippen molar-refractivity contribution in [3.05, 3.63) is 35.4 Å². The van der Waals surface area contributed by atoms with E-state index in [0.29, 0.717) is 0 Å². The zero-order chi connectivity index (χ0) is 9.90. The van der Waals surface area contributed by atoms with E-state index < -0.39 is 0 Å². The Balaban J connectivity index is 0.00000169. The Morgan fingerprint density at radius 1 is 1.21 bits per heavy atom. The molecule has 1 nitrogen and oxygen atoms in total. The van der Waals surface area contributed by atoms with Crippen molar-refractivity contribution in [2.45, 2.75) is 27.2 Å². The first-order chi connectivity index (χ1) is 6.05. The molecule has 0 unspecified atom stereocenters. The Morgan fingerprint density at radius 3 is 2.29 bits per heavy atom. The van der Waals surface area contributed by atoms with Crippen LogP contribution in [0, 0.1) is 12.3 Å². The Bertz CT molecular complexity index is 281. The van der Waals surface area contributed by atoms with Crippen molar-refractivity contribution in [3.8, 4) is 0 Å². The Morgan fingerprint density at radius 2 is 1.79 bits per heavy atom. The standard InChI is InChI=1S/C12H19N.ClH/c1-10-6-4-5-7-11(10)8-12(2,3)9-13;/h4-7H,8-9,13H2,1-3H3;1H. The van der Waals surface area contributed by atoms with E-state index in [1.54, 1.807) is 0 Å². The van der Waals surface area contributed by atoms with Crippen LogP contribution in [-0.4, -0.2) is 6.54 Å². The molecule has 0 fully saturated rings. The second-order valence-corrected chi connectivity index (χ2v) is 4.47. The summed E-state index contributed by atoms with van der Waals surface area (Å²) in [6.07, 6.45) is 1.07. The highest BCUT2D eigenvalue weighted by Crippen LogP contribution is 2.21. The molecule has 0 heterocycles. The van der Waals surface area contributed by atoms with Gasteiger partial charge in [0, 0.05) is 0 Å². The average molecular weight is 214 g/mol. The second-order valence-electron chi connectivity index (χ2n) is 4.47. The summed E-state index contributed by atoms with van der Waals surface area (Å²) < 4.78 is 0. The van der Waals surface area contributed by atoms with Gasteiger partial charge in [-0.1, -0.05) is 38.1 Å². The number of benzene rings is 1. The van der Waals surface area contributed by atoms with Crippen LogP contribution in [0.15, 0.2) is 24.3 Å². The number of halogens is 1. The average Bonchev–Trinajstić information content (AvgIpc) is 2.09. The third kappa shape index (κ3) is 3.69. The molecule has 80 valence electrons. The monoisotopic (exact) mass is 213 g/mol. The molecule has 2 heteroatoms. The number of hydrogen-bond donors (Lipinski definition) is 1. The summed E-state index contributed by atoms with van der Waals surface area (Å²) in [6.45, 7) is 7.31. The van der Waals surface area contributed by atoms with E-state index >= 15 is 0 Å². The van der Waals surface area contributed by atoms with Gasteiger partial charge in [-0.25, -0.2) is 0 Å². The molecule has 0 aliphatic carbocycles. The van der Waals surface area contributed by atoms with Gasteiger partial charge in [-0.2, -0.15) is 0 Å². The quantitative estimate of drug-likeness (QED) is 0.821. The predicted molar refractivity (Wildman–Crippen MR) is 65.0 cm³/mol. The summed E-state index contributed by atoms with van der Waals surface area (Å²) in [4.78, 5) is 0. The number of rotatable bonds is 3. The van der Waals surface area contributed by atoms with E-state index in [4.69, 9.17) is 5.73 Å². The molecule has 1 aromatic carbocycles. The van der Waals surface area contributed by atoms with Gasteiger partial charge in [-0.05, 0) is 36.4 Å². The maximum atomic E-state index is 5.70. The third-order valence-electron chi connectivity index (χ3n) is 2.48. The Kier molecular flexibility index (Phi) is 5.17. The molecule has 0 spiro atoms. The maximum absolute atomic E-state index is 5.70. The Hall–Kier alpha value is -0.530. The van der Waals surface area contributed by atoms with E-state index in [-0.39, 0.29) is 17.8 Å². The first-order valence-electron chi connectivity index (χ1n) is 4.80.